The van der Waals surface area contributed by atoms with Crippen LogP contribution in [0.15, 0.2) is 18.2 Å². The molecule has 0 heterocycles. The van der Waals surface area contributed by atoms with Gasteiger partial charge in [-0.3, -0.25) is 0 Å². The van der Waals surface area contributed by atoms with Crippen LogP contribution in [0.5, 0.6) is 5.75 Å². The lowest BCUT2D eigenvalue weighted by Crippen LogP contribution is -2.28. The first-order chi connectivity index (χ1) is 10.1. The normalized spacial score (nSPS) is 12.2. The van der Waals surface area contributed by atoms with Gasteiger partial charge in [-0.25, -0.2) is 0 Å². The lowest BCUT2D eigenvalue weighted by atomic mass is 9.98. The van der Waals surface area contributed by atoms with E-state index in [1.165, 1.54) is 12.1 Å². The fraction of sp³-hybridized carbons (Fsp3) is 0.500. The van der Waals surface area contributed by atoms with E-state index in [0.29, 0.717) is 18.4 Å². The number of nitriles is 1. The van der Waals surface area contributed by atoms with Gasteiger partial charge in [0.2, 0.25) is 0 Å². The van der Waals surface area contributed by atoms with E-state index >= 15 is 0 Å². The molecule has 0 N–H and O–H groups in total. The molecular formula is C14H16F3NO3S. The molecule has 0 saturated heterocycles. The van der Waals surface area contributed by atoms with Crippen LogP contribution in [-0.2, 0) is 23.0 Å². The minimum Gasteiger partial charge on any atom is -0.376 e. The van der Waals surface area contributed by atoms with Gasteiger partial charge in [-0.15, -0.1) is 0 Å². The van der Waals surface area contributed by atoms with Crippen LogP contribution in [0, 0.1) is 17.2 Å². The molecule has 1 rings (SSSR count). The fourth-order valence-corrected chi connectivity index (χ4v) is 2.33. The van der Waals surface area contributed by atoms with Crippen LogP contribution in [0.1, 0.15) is 31.4 Å². The maximum absolute atomic E-state index is 12.4. The summed E-state index contributed by atoms with van der Waals surface area (Å²) in [6.45, 7) is 3.70. The molecule has 0 atom stereocenters. The van der Waals surface area contributed by atoms with Crippen molar-refractivity contribution in [3.63, 3.8) is 0 Å². The molecule has 0 spiro atoms. The average molecular weight is 335 g/mol. The van der Waals surface area contributed by atoms with Gasteiger partial charge in [0.1, 0.15) is 5.75 Å². The third-order valence-electron chi connectivity index (χ3n) is 2.76. The van der Waals surface area contributed by atoms with Gasteiger partial charge in [-0.2, -0.15) is 26.9 Å². The van der Waals surface area contributed by atoms with Crippen molar-refractivity contribution >= 4 is 10.1 Å². The van der Waals surface area contributed by atoms with Crippen molar-refractivity contribution in [2.45, 2.75) is 38.6 Å². The van der Waals surface area contributed by atoms with Gasteiger partial charge in [0.25, 0.3) is 0 Å². The van der Waals surface area contributed by atoms with Crippen LogP contribution in [-0.4, -0.2) is 13.9 Å². The maximum atomic E-state index is 12.4. The highest BCUT2D eigenvalue weighted by Gasteiger charge is 2.48. The van der Waals surface area contributed by atoms with Crippen molar-refractivity contribution in [3.05, 3.63) is 29.3 Å². The Balaban J connectivity index is 3.16. The first-order valence-electron chi connectivity index (χ1n) is 6.56. The molecular weight excluding hydrogens is 319 g/mol. The molecule has 1 aromatic carbocycles. The van der Waals surface area contributed by atoms with Gasteiger partial charge in [0.05, 0.1) is 6.07 Å². The van der Waals surface area contributed by atoms with E-state index in [2.05, 4.69) is 4.18 Å². The Morgan fingerprint density at radius 1 is 1.32 bits per heavy atom. The average Bonchev–Trinajstić information content (AvgIpc) is 2.36. The van der Waals surface area contributed by atoms with Crippen LogP contribution in [0.4, 0.5) is 13.2 Å². The van der Waals surface area contributed by atoms with E-state index < -0.39 is 15.6 Å². The Morgan fingerprint density at radius 3 is 2.45 bits per heavy atom. The Bertz CT molecular complexity index is 661. The van der Waals surface area contributed by atoms with E-state index in [9.17, 15) is 21.6 Å². The van der Waals surface area contributed by atoms with Crippen molar-refractivity contribution in [1.29, 1.82) is 5.26 Å². The Hall–Kier alpha value is -1.75. The highest BCUT2D eigenvalue weighted by molar-refractivity contribution is 7.88. The molecule has 8 heteroatoms. The van der Waals surface area contributed by atoms with Gasteiger partial charge in [0, 0.05) is 6.42 Å². The minimum absolute atomic E-state index is 0.0992. The maximum Gasteiger partial charge on any atom is 0.534 e. The first kappa shape index (κ1) is 18.3. The fourth-order valence-electron chi connectivity index (χ4n) is 1.83. The van der Waals surface area contributed by atoms with Crippen LogP contribution in [0.3, 0.4) is 0 Å². The monoisotopic (exact) mass is 335 g/mol. The topological polar surface area (TPSA) is 67.2 Å². The summed E-state index contributed by atoms with van der Waals surface area (Å²) in [7, 11) is -5.69. The highest BCUT2D eigenvalue weighted by Crippen LogP contribution is 2.30. The van der Waals surface area contributed by atoms with E-state index in [4.69, 9.17) is 5.26 Å². The quantitative estimate of drug-likeness (QED) is 0.589. The van der Waals surface area contributed by atoms with Crippen molar-refractivity contribution in [3.8, 4) is 11.8 Å². The summed E-state index contributed by atoms with van der Waals surface area (Å²) < 4.78 is 63.7. The molecule has 0 aliphatic heterocycles. The van der Waals surface area contributed by atoms with Crippen LogP contribution < -0.4 is 4.18 Å². The zero-order chi connectivity index (χ0) is 17.0. The molecule has 0 unspecified atom stereocenters. The van der Waals surface area contributed by atoms with Crippen LogP contribution in [0.25, 0.3) is 0 Å². The molecule has 0 aromatic heterocycles. The van der Waals surface area contributed by atoms with Gasteiger partial charge in [0.15, 0.2) is 0 Å². The summed E-state index contributed by atoms with van der Waals surface area (Å²) in [5.74, 6) is -0.228. The molecule has 1 aromatic rings. The Morgan fingerprint density at radius 2 is 1.95 bits per heavy atom. The van der Waals surface area contributed by atoms with Crippen molar-refractivity contribution < 1.29 is 25.8 Å². The number of hydrogen-bond donors (Lipinski definition) is 0. The SMILES string of the molecule is CC(C)Cc1cc(CCC#N)ccc1OS(=O)(=O)C(F)(F)F. The molecule has 0 bridgehead atoms. The van der Waals surface area contributed by atoms with Crippen molar-refractivity contribution in [2.24, 2.45) is 5.92 Å². The summed E-state index contributed by atoms with van der Waals surface area (Å²) in [6.07, 6.45) is 1.07. The third-order valence-corrected chi connectivity index (χ3v) is 3.73. The second-order valence-electron chi connectivity index (χ2n) is 5.18. The number of halogens is 3. The standard InChI is InChI=1S/C14H16F3NO3S/c1-10(2)8-12-9-11(4-3-7-18)5-6-13(12)21-22(19,20)14(15,16)17/h5-6,9-10H,3-4,8H2,1-2H3. The lowest BCUT2D eigenvalue weighted by Gasteiger charge is -2.15. The first-order valence-corrected chi connectivity index (χ1v) is 7.97. The number of benzene rings is 1. The molecule has 22 heavy (non-hydrogen) atoms. The number of hydrogen-bond acceptors (Lipinski definition) is 4. The molecule has 0 aliphatic carbocycles. The largest absolute Gasteiger partial charge is 0.534 e. The number of rotatable bonds is 6. The minimum atomic E-state index is -5.69. The molecule has 0 saturated carbocycles. The summed E-state index contributed by atoms with van der Waals surface area (Å²) in [5.41, 5.74) is -4.35. The van der Waals surface area contributed by atoms with E-state index in [1.54, 1.807) is 6.07 Å². The Labute approximate surface area is 127 Å². The van der Waals surface area contributed by atoms with Crippen LogP contribution in [0.2, 0.25) is 0 Å². The molecule has 0 radical (unpaired) electrons. The Kier molecular flexibility index (Phi) is 5.83. The van der Waals surface area contributed by atoms with E-state index in [1.807, 2.05) is 19.9 Å². The summed E-state index contributed by atoms with van der Waals surface area (Å²) in [5, 5.41) is 8.56. The van der Waals surface area contributed by atoms with E-state index in [0.717, 1.165) is 5.56 Å². The number of nitrogens with zero attached hydrogens (tertiary/aromatic N) is 1. The van der Waals surface area contributed by atoms with Gasteiger partial charge >= 0.3 is 15.6 Å². The predicted octanol–water partition coefficient (Wildman–Crippen LogP) is 3.57. The highest BCUT2D eigenvalue weighted by atomic mass is 32.2. The molecule has 0 amide bonds. The summed E-state index contributed by atoms with van der Waals surface area (Å²) >= 11 is 0. The van der Waals surface area contributed by atoms with Gasteiger partial charge in [-0.05, 0) is 36.0 Å². The zero-order valence-corrected chi connectivity index (χ0v) is 13.0. The van der Waals surface area contributed by atoms with Gasteiger partial charge < -0.3 is 4.18 Å². The second kappa shape index (κ2) is 7.01. The second-order valence-corrected chi connectivity index (χ2v) is 6.72. The third kappa shape index (κ3) is 4.91. The summed E-state index contributed by atoms with van der Waals surface area (Å²) in [4.78, 5) is 0. The molecule has 0 fully saturated rings. The zero-order valence-electron chi connectivity index (χ0n) is 12.1. The molecule has 122 valence electrons. The smallest absolute Gasteiger partial charge is 0.376 e. The van der Waals surface area contributed by atoms with Crippen molar-refractivity contribution in [2.75, 3.05) is 0 Å². The lowest BCUT2D eigenvalue weighted by molar-refractivity contribution is -0.0500. The van der Waals surface area contributed by atoms with E-state index in [-0.39, 0.29) is 18.1 Å². The molecule has 0 aliphatic rings. The van der Waals surface area contributed by atoms with Gasteiger partial charge in [-0.1, -0.05) is 26.0 Å². The van der Waals surface area contributed by atoms with Crippen LogP contribution >= 0.6 is 0 Å². The number of alkyl halides is 3. The van der Waals surface area contributed by atoms with Crippen molar-refractivity contribution in [1.82, 2.24) is 0 Å². The number of aryl methyl sites for hydroxylation is 1. The molecule has 4 nitrogen and oxygen atoms in total. The predicted molar refractivity (Wildman–Crippen MR) is 74.5 cm³/mol. The summed E-state index contributed by atoms with van der Waals surface area (Å²) in [6, 6.07) is 6.22.